The SMILES string of the molecule is CC(=O)c1cccc(Oc2cnoc2)c1. The number of benzene rings is 1. The molecule has 0 spiro atoms. The van der Waals surface area contributed by atoms with Gasteiger partial charge in [0.25, 0.3) is 0 Å². The first kappa shape index (κ1) is 9.45. The molecule has 0 bridgehead atoms. The van der Waals surface area contributed by atoms with Crippen molar-refractivity contribution in [3.8, 4) is 11.5 Å². The average molecular weight is 203 g/mol. The molecule has 0 unspecified atom stereocenters. The van der Waals surface area contributed by atoms with Crippen LogP contribution in [-0.4, -0.2) is 10.9 Å². The fraction of sp³-hybridized carbons (Fsp3) is 0.0909. The van der Waals surface area contributed by atoms with Gasteiger partial charge in [0.15, 0.2) is 17.8 Å². The summed E-state index contributed by atoms with van der Waals surface area (Å²) in [6, 6.07) is 6.94. The Labute approximate surface area is 86.5 Å². The van der Waals surface area contributed by atoms with Gasteiger partial charge < -0.3 is 9.26 Å². The third-order valence-corrected chi connectivity index (χ3v) is 1.89. The van der Waals surface area contributed by atoms with Crippen LogP contribution in [0.15, 0.2) is 41.2 Å². The maximum atomic E-state index is 11.1. The first-order chi connectivity index (χ1) is 7.25. The van der Waals surface area contributed by atoms with Gasteiger partial charge in [-0.1, -0.05) is 17.3 Å². The lowest BCUT2D eigenvalue weighted by molar-refractivity contribution is 0.101. The Kier molecular flexibility index (Phi) is 2.49. The second-order valence-electron chi connectivity index (χ2n) is 3.05. The smallest absolute Gasteiger partial charge is 0.186 e. The van der Waals surface area contributed by atoms with Crippen molar-refractivity contribution in [3.63, 3.8) is 0 Å². The molecule has 1 aromatic heterocycles. The van der Waals surface area contributed by atoms with E-state index in [1.165, 1.54) is 19.4 Å². The second kappa shape index (κ2) is 3.96. The van der Waals surface area contributed by atoms with Crippen LogP contribution in [0.5, 0.6) is 11.5 Å². The molecule has 0 atom stereocenters. The third-order valence-electron chi connectivity index (χ3n) is 1.89. The van der Waals surface area contributed by atoms with Gasteiger partial charge in [0, 0.05) is 5.56 Å². The molecule has 0 N–H and O–H groups in total. The van der Waals surface area contributed by atoms with Crippen LogP contribution in [-0.2, 0) is 0 Å². The number of ether oxygens (including phenoxy) is 1. The van der Waals surface area contributed by atoms with Crippen LogP contribution < -0.4 is 4.74 Å². The molecule has 0 radical (unpaired) electrons. The van der Waals surface area contributed by atoms with E-state index in [1.807, 2.05) is 0 Å². The molecule has 2 rings (SSSR count). The maximum absolute atomic E-state index is 11.1. The van der Waals surface area contributed by atoms with E-state index in [0.717, 1.165) is 0 Å². The highest BCUT2D eigenvalue weighted by Crippen LogP contribution is 2.21. The molecule has 76 valence electrons. The van der Waals surface area contributed by atoms with Gasteiger partial charge in [-0.2, -0.15) is 0 Å². The summed E-state index contributed by atoms with van der Waals surface area (Å²) in [6.07, 6.45) is 2.85. The number of carbonyl (C=O) groups is 1. The number of nitrogens with zero attached hydrogens (tertiary/aromatic N) is 1. The first-order valence-electron chi connectivity index (χ1n) is 4.44. The highest BCUT2D eigenvalue weighted by atomic mass is 16.5. The van der Waals surface area contributed by atoms with Crippen LogP contribution in [0.1, 0.15) is 17.3 Å². The number of ketones is 1. The maximum Gasteiger partial charge on any atom is 0.186 e. The fourth-order valence-corrected chi connectivity index (χ4v) is 1.16. The van der Waals surface area contributed by atoms with Crippen LogP contribution in [0.25, 0.3) is 0 Å². The van der Waals surface area contributed by atoms with Gasteiger partial charge in [-0.25, -0.2) is 0 Å². The largest absolute Gasteiger partial charge is 0.452 e. The third kappa shape index (κ3) is 2.22. The van der Waals surface area contributed by atoms with Crippen LogP contribution in [0.4, 0.5) is 0 Å². The molecular weight excluding hydrogens is 194 g/mol. The molecule has 1 heterocycles. The lowest BCUT2D eigenvalue weighted by Crippen LogP contribution is -1.92. The van der Waals surface area contributed by atoms with Gasteiger partial charge in [-0.05, 0) is 19.1 Å². The minimum absolute atomic E-state index is 0.00534. The van der Waals surface area contributed by atoms with E-state index in [2.05, 4.69) is 9.68 Å². The minimum Gasteiger partial charge on any atom is -0.452 e. The van der Waals surface area contributed by atoms with E-state index in [9.17, 15) is 4.79 Å². The van der Waals surface area contributed by atoms with Crippen molar-refractivity contribution >= 4 is 5.78 Å². The molecule has 0 fully saturated rings. The van der Waals surface area contributed by atoms with Gasteiger partial charge in [-0.3, -0.25) is 4.79 Å². The van der Waals surface area contributed by atoms with Gasteiger partial charge in [0.2, 0.25) is 0 Å². The summed E-state index contributed by atoms with van der Waals surface area (Å²) in [5, 5.41) is 3.51. The van der Waals surface area contributed by atoms with E-state index < -0.39 is 0 Å². The predicted octanol–water partition coefficient (Wildman–Crippen LogP) is 2.67. The van der Waals surface area contributed by atoms with Crippen LogP contribution in [0, 0.1) is 0 Å². The van der Waals surface area contributed by atoms with Crippen LogP contribution in [0.2, 0.25) is 0 Å². The molecule has 15 heavy (non-hydrogen) atoms. The van der Waals surface area contributed by atoms with Crippen molar-refractivity contribution in [2.24, 2.45) is 0 Å². The zero-order valence-corrected chi connectivity index (χ0v) is 8.14. The average Bonchev–Trinajstić information content (AvgIpc) is 2.71. The number of carbonyl (C=O) groups excluding carboxylic acids is 1. The van der Waals surface area contributed by atoms with E-state index in [-0.39, 0.29) is 5.78 Å². The number of hydrogen-bond donors (Lipinski definition) is 0. The summed E-state index contributed by atoms with van der Waals surface area (Å²) < 4.78 is 10.0. The first-order valence-corrected chi connectivity index (χ1v) is 4.44. The Morgan fingerprint density at radius 3 is 2.93 bits per heavy atom. The predicted molar refractivity (Wildman–Crippen MR) is 53.0 cm³/mol. The summed E-state index contributed by atoms with van der Waals surface area (Å²) in [6.45, 7) is 1.51. The number of rotatable bonds is 3. The number of Topliss-reactive ketones (excluding diaryl/α,β-unsaturated/α-hetero) is 1. The highest BCUT2D eigenvalue weighted by Gasteiger charge is 2.03. The molecule has 0 saturated heterocycles. The Morgan fingerprint density at radius 1 is 1.40 bits per heavy atom. The second-order valence-corrected chi connectivity index (χ2v) is 3.05. The molecule has 0 aliphatic carbocycles. The molecule has 0 aliphatic heterocycles. The Balaban J connectivity index is 2.22. The van der Waals surface area contributed by atoms with E-state index in [0.29, 0.717) is 17.1 Å². The molecule has 0 aliphatic rings. The summed E-state index contributed by atoms with van der Waals surface area (Å²) in [5.41, 5.74) is 0.615. The molecule has 0 amide bonds. The lowest BCUT2D eigenvalue weighted by atomic mass is 10.1. The zero-order chi connectivity index (χ0) is 10.7. The minimum atomic E-state index is 0.00534. The Morgan fingerprint density at radius 2 is 2.27 bits per heavy atom. The van der Waals surface area contributed by atoms with Crippen molar-refractivity contribution in [3.05, 3.63) is 42.3 Å². The molecule has 1 aromatic carbocycles. The summed E-state index contributed by atoms with van der Waals surface area (Å²) in [5.74, 6) is 1.10. The topological polar surface area (TPSA) is 52.3 Å². The number of aromatic nitrogens is 1. The molecule has 0 saturated carbocycles. The summed E-state index contributed by atoms with van der Waals surface area (Å²) >= 11 is 0. The van der Waals surface area contributed by atoms with E-state index in [1.54, 1.807) is 24.3 Å². The van der Waals surface area contributed by atoms with Crippen molar-refractivity contribution < 1.29 is 14.1 Å². The van der Waals surface area contributed by atoms with Gasteiger partial charge in [0.1, 0.15) is 11.9 Å². The van der Waals surface area contributed by atoms with Crippen molar-refractivity contribution in [1.82, 2.24) is 5.16 Å². The molecule has 4 nitrogen and oxygen atoms in total. The molecular formula is C11H9NO3. The van der Waals surface area contributed by atoms with Gasteiger partial charge in [-0.15, -0.1) is 0 Å². The van der Waals surface area contributed by atoms with E-state index in [4.69, 9.17) is 4.74 Å². The Hall–Kier alpha value is -2.10. The van der Waals surface area contributed by atoms with Crippen molar-refractivity contribution in [1.29, 1.82) is 0 Å². The Bertz CT molecular complexity index is 462. The zero-order valence-electron chi connectivity index (χ0n) is 8.14. The standard InChI is InChI=1S/C11H9NO3/c1-8(13)9-3-2-4-10(5-9)15-11-6-12-14-7-11/h2-7H,1H3. The van der Waals surface area contributed by atoms with Crippen molar-refractivity contribution in [2.75, 3.05) is 0 Å². The van der Waals surface area contributed by atoms with Crippen LogP contribution >= 0.6 is 0 Å². The van der Waals surface area contributed by atoms with E-state index >= 15 is 0 Å². The normalized spacial score (nSPS) is 9.93. The summed E-state index contributed by atoms with van der Waals surface area (Å²) in [4.78, 5) is 11.1. The number of hydrogen-bond acceptors (Lipinski definition) is 4. The van der Waals surface area contributed by atoms with Crippen molar-refractivity contribution in [2.45, 2.75) is 6.92 Å². The fourth-order valence-electron chi connectivity index (χ4n) is 1.16. The summed E-state index contributed by atoms with van der Waals surface area (Å²) in [7, 11) is 0. The van der Waals surface area contributed by atoms with Gasteiger partial charge >= 0.3 is 0 Å². The highest BCUT2D eigenvalue weighted by molar-refractivity contribution is 5.94. The molecule has 4 heteroatoms. The molecule has 2 aromatic rings. The quantitative estimate of drug-likeness (QED) is 0.719. The van der Waals surface area contributed by atoms with Gasteiger partial charge in [0.05, 0.1) is 0 Å². The monoisotopic (exact) mass is 203 g/mol. The van der Waals surface area contributed by atoms with Crippen LogP contribution in [0.3, 0.4) is 0 Å². The lowest BCUT2D eigenvalue weighted by Gasteiger charge is -2.02.